The highest BCUT2D eigenvalue weighted by Gasteiger charge is 2.14. The van der Waals surface area contributed by atoms with Crippen LogP contribution in [0.25, 0.3) is 0 Å². The Labute approximate surface area is 73.3 Å². The van der Waals surface area contributed by atoms with E-state index in [1.54, 1.807) is 0 Å². The van der Waals surface area contributed by atoms with Gasteiger partial charge in [0.15, 0.2) is 0 Å². The molecule has 0 bridgehead atoms. The number of rotatable bonds is 6. The van der Waals surface area contributed by atoms with E-state index in [2.05, 4.69) is 6.58 Å². The molecule has 0 aliphatic carbocycles. The quantitative estimate of drug-likeness (QED) is 0.447. The molecule has 0 aromatic rings. The minimum Gasteiger partial charge on any atom is -0.499 e. The van der Waals surface area contributed by atoms with Crippen molar-refractivity contribution in [3.63, 3.8) is 0 Å². The molecule has 1 saturated heterocycles. The highest BCUT2D eigenvalue weighted by atomic mass is 16.5. The third kappa shape index (κ3) is 3.74. The summed E-state index contributed by atoms with van der Waals surface area (Å²) >= 11 is 0. The van der Waals surface area contributed by atoms with Gasteiger partial charge in [0, 0.05) is 6.61 Å². The maximum absolute atomic E-state index is 5.37. The molecule has 1 rings (SSSR count). The summed E-state index contributed by atoms with van der Waals surface area (Å²) in [5.41, 5.74) is 0. The van der Waals surface area contributed by atoms with Gasteiger partial charge in [-0.05, 0) is 12.8 Å². The molecule has 1 heterocycles. The SMILES string of the molecule is C=COCCOCC1CCCO1. The molecule has 3 nitrogen and oxygen atoms in total. The third-order valence-corrected chi connectivity index (χ3v) is 1.79. The zero-order valence-corrected chi connectivity index (χ0v) is 7.33. The highest BCUT2D eigenvalue weighted by Crippen LogP contribution is 2.11. The summed E-state index contributed by atoms with van der Waals surface area (Å²) in [6.45, 7) is 6.21. The van der Waals surface area contributed by atoms with Crippen LogP contribution in [0.1, 0.15) is 12.8 Å². The minimum absolute atomic E-state index is 0.314. The van der Waals surface area contributed by atoms with E-state index in [0.717, 1.165) is 19.4 Å². The molecule has 0 amide bonds. The summed E-state index contributed by atoms with van der Waals surface area (Å²) in [4.78, 5) is 0. The lowest BCUT2D eigenvalue weighted by Gasteiger charge is -2.09. The molecule has 0 N–H and O–H groups in total. The van der Waals surface area contributed by atoms with Crippen molar-refractivity contribution >= 4 is 0 Å². The summed E-state index contributed by atoms with van der Waals surface area (Å²) in [5, 5.41) is 0. The van der Waals surface area contributed by atoms with Gasteiger partial charge >= 0.3 is 0 Å². The van der Waals surface area contributed by atoms with Crippen molar-refractivity contribution in [1.29, 1.82) is 0 Å². The normalized spacial score (nSPS) is 22.5. The van der Waals surface area contributed by atoms with Crippen LogP contribution in [0, 0.1) is 0 Å². The molecular formula is C9H16O3. The Morgan fingerprint density at radius 2 is 2.42 bits per heavy atom. The average molecular weight is 172 g/mol. The largest absolute Gasteiger partial charge is 0.499 e. The third-order valence-electron chi connectivity index (χ3n) is 1.79. The first-order valence-corrected chi connectivity index (χ1v) is 4.35. The molecule has 1 unspecified atom stereocenters. The topological polar surface area (TPSA) is 27.7 Å². The van der Waals surface area contributed by atoms with E-state index < -0.39 is 0 Å². The standard InChI is InChI=1S/C9H16O3/c1-2-10-6-7-11-8-9-4-3-5-12-9/h2,9H,1,3-8H2. The molecule has 3 heteroatoms. The van der Waals surface area contributed by atoms with Gasteiger partial charge in [-0.3, -0.25) is 0 Å². The van der Waals surface area contributed by atoms with Gasteiger partial charge in [-0.15, -0.1) is 0 Å². The Morgan fingerprint density at radius 3 is 3.08 bits per heavy atom. The predicted octanol–water partition coefficient (Wildman–Crippen LogP) is 1.34. The van der Waals surface area contributed by atoms with Crippen molar-refractivity contribution in [3.05, 3.63) is 12.8 Å². The Kier molecular flexibility index (Phi) is 4.80. The first kappa shape index (κ1) is 9.55. The summed E-state index contributed by atoms with van der Waals surface area (Å²) in [7, 11) is 0. The fraction of sp³-hybridized carbons (Fsp3) is 0.778. The lowest BCUT2D eigenvalue weighted by atomic mass is 10.2. The molecule has 0 radical (unpaired) electrons. The van der Waals surface area contributed by atoms with Crippen LogP contribution < -0.4 is 0 Å². The Balaban J connectivity index is 1.84. The molecule has 0 aromatic heterocycles. The first-order chi connectivity index (χ1) is 5.93. The van der Waals surface area contributed by atoms with E-state index in [0.29, 0.717) is 25.9 Å². The lowest BCUT2D eigenvalue weighted by Crippen LogP contribution is -2.15. The minimum atomic E-state index is 0.314. The molecule has 1 atom stereocenters. The van der Waals surface area contributed by atoms with Crippen molar-refractivity contribution in [2.45, 2.75) is 18.9 Å². The zero-order chi connectivity index (χ0) is 8.65. The van der Waals surface area contributed by atoms with E-state index in [1.165, 1.54) is 6.26 Å². The Hall–Kier alpha value is -0.540. The monoisotopic (exact) mass is 172 g/mol. The summed E-state index contributed by atoms with van der Waals surface area (Å²) in [6.07, 6.45) is 4.03. The smallest absolute Gasteiger partial charge is 0.111 e. The van der Waals surface area contributed by atoms with E-state index in [-0.39, 0.29) is 0 Å². The molecule has 0 aromatic carbocycles. The van der Waals surface area contributed by atoms with Crippen LogP contribution in [0.3, 0.4) is 0 Å². The molecule has 0 spiro atoms. The summed E-state index contributed by atoms with van der Waals surface area (Å²) in [5.74, 6) is 0. The van der Waals surface area contributed by atoms with Crippen LogP contribution in [0.2, 0.25) is 0 Å². The van der Waals surface area contributed by atoms with Crippen LogP contribution in [0.15, 0.2) is 12.8 Å². The summed E-state index contributed by atoms with van der Waals surface area (Å²) in [6, 6.07) is 0. The fourth-order valence-corrected chi connectivity index (χ4v) is 1.18. The predicted molar refractivity (Wildman–Crippen MR) is 45.9 cm³/mol. The fourth-order valence-electron chi connectivity index (χ4n) is 1.18. The second-order valence-electron chi connectivity index (χ2n) is 2.75. The van der Waals surface area contributed by atoms with E-state index in [9.17, 15) is 0 Å². The molecule has 1 aliphatic heterocycles. The van der Waals surface area contributed by atoms with E-state index in [1.807, 2.05) is 0 Å². The van der Waals surface area contributed by atoms with Gasteiger partial charge in [-0.2, -0.15) is 0 Å². The Bertz CT molecular complexity index is 119. The lowest BCUT2D eigenvalue weighted by molar-refractivity contribution is 0.00432. The van der Waals surface area contributed by atoms with Gasteiger partial charge in [0.05, 0.1) is 25.6 Å². The number of ether oxygens (including phenoxy) is 3. The van der Waals surface area contributed by atoms with Crippen molar-refractivity contribution in [1.82, 2.24) is 0 Å². The molecule has 12 heavy (non-hydrogen) atoms. The molecule has 1 aliphatic rings. The maximum atomic E-state index is 5.37. The van der Waals surface area contributed by atoms with Crippen molar-refractivity contribution < 1.29 is 14.2 Å². The highest BCUT2D eigenvalue weighted by molar-refractivity contribution is 4.63. The average Bonchev–Trinajstić information content (AvgIpc) is 2.57. The van der Waals surface area contributed by atoms with E-state index >= 15 is 0 Å². The van der Waals surface area contributed by atoms with Gasteiger partial charge in [0.2, 0.25) is 0 Å². The van der Waals surface area contributed by atoms with Crippen LogP contribution in [0.5, 0.6) is 0 Å². The molecule has 1 fully saturated rings. The van der Waals surface area contributed by atoms with Crippen LogP contribution in [0.4, 0.5) is 0 Å². The van der Waals surface area contributed by atoms with Crippen LogP contribution in [-0.4, -0.2) is 32.5 Å². The second-order valence-corrected chi connectivity index (χ2v) is 2.75. The van der Waals surface area contributed by atoms with Gasteiger partial charge in [-0.1, -0.05) is 6.58 Å². The number of hydrogen-bond acceptors (Lipinski definition) is 3. The van der Waals surface area contributed by atoms with Crippen LogP contribution >= 0.6 is 0 Å². The Morgan fingerprint density at radius 1 is 1.50 bits per heavy atom. The van der Waals surface area contributed by atoms with Gasteiger partial charge in [0.25, 0.3) is 0 Å². The zero-order valence-electron chi connectivity index (χ0n) is 7.33. The van der Waals surface area contributed by atoms with Crippen molar-refractivity contribution in [2.24, 2.45) is 0 Å². The molecule has 70 valence electrons. The van der Waals surface area contributed by atoms with E-state index in [4.69, 9.17) is 14.2 Å². The summed E-state index contributed by atoms with van der Waals surface area (Å²) < 4.78 is 15.6. The number of hydrogen-bond donors (Lipinski definition) is 0. The van der Waals surface area contributed by atoms with Crippen molar-refractivity contribution in [2.75, 3.05) is 26.4 Å². The van der Waals surface area contributed by atoms with Gasteiger partial charge in [0.1, 0.15) is 6.61 Å². The molecular weight excluding hydrogens is 156 g/mol. The van der Waals surface area contributed by atoms with Crippen molar-refractivity contribution in [3.8, 4) is 0 Å². The van der Waals surface area contributed by atoms with Crippen LogP contribution in [-0.2, 0) is 14.2 Å². The second kappa shape index (κ2) is 6.03. The molecule has 0 saturated carbocycles. The van der Waals surface area contributed by atoms with Gasteiger partial charge < -0.3 is 14.2 Å². The maximum Gasteiger partial charge on any atom is 0.111 e. The first-order valence-electron chi connectivity index (χ1n) is 4.35. The van der Waals surface area contributed by atoms with Gasteiger partial charge in [-0.25, -0.2) is 0 Å².